The molecule has 3 aromatic heterocycles. The summed E-state index contributed by atoms with van der Waals surface area (Å²) in [6.07, 6.45) is 3.55. The number of aromatic amines is 1. The van der Waals surface area contributed by atoms with E-state index >= 15 is 0 Å². The highest BCUT2D eigenvalue weighted by Crippen LogP contribution is 2.43. The van der Waals surface area contributed by atoms with E-state index in [9.17, 15) is 4.79 Å². The number of aromatic nitrogens is 2. The van der Waals surface area contributed by atoms with Crippen molar-refractivity contribution in [1.82, 2.24) is 9.97 Å². The fourth-order valence-electron chi connectivity index (χ4n) is 2.62. The van der Waals surface area contributed by atoms with Gasteiger partial charge in [0.05, 0.1) is 20.8 Å². The minimum absolute atomic E-state index is 0.427. The van der Waals surface area contributed by atoms with Crippen LogP contribution >= 0.6 is 23.1 Å². The van der Waals surface area contributed by atoms with Gasteiger partial charge in [0.2, 0.25) is 5.91 Å². The topological polar surface area (TPSA) is 71.8 Å². The lowest BCUT2D eigenvalue weighted by atomic mass is 10.0. The second-order valence-electron chi connectivity index (χ2n) is 5.19. The predicted molar refractivity (Wildman–Crippen MR) is 98.5 cm³/mol. The molecule has 0 aliphatic rings. The highest BCUT2D eigenvalue weighted by atomic mass is 32.2. The lowest BCUT2D eigenvalue weighted by molar-refractivity contribution is 0.100. The third kappa shape index (κ3) is 2.60. The summed E-state index contributed by atoms with van der Waals surface area (Å²) >= 11 is 3.34. The molecule has 6 heteroatoms. The van der Waals surface area contributed by atoms with Crippen molar-refractivity contribution in [2.24, 2.45) is 5.73 Å². The smallest absolute Gasteiger partial charge is 0.249 e. The Morgan fingerprint density at radius 3 is 2.71 bits per heavy atom. The van der Waals surface area contributed by atoms with Gasteiger partial charge in [0.1, 0.15) is 0 Å². The molecule has 4 rings (SSSR count). The number of benzene rings is 1. The van der Waals surface area contributed by atoms with E-state index in [-0.39, 0.29) is 0 Å². The fraction of sp³-hybridized carbons (Fsp3) is 0. The van der Waals surface area contributed by atoms with Crippen LogP contribution in [0, 0.1) is 0 Å². The number of nitrogens with two attached hydrogens (primary N) is 1. The van der Waals surface area contributed by atoms with Crippen molar-refractivity contribution >= 4 is 39.2 Å². The van der Waals surface area contributed by atoms with E-state index in [0.29, 0.717) is 5.56 Å². The summed E-state index contributed by atoms with van der Waals surface area (Å²) in [7, 11) is 0. The summed E-state index contributed by atoms with van der Waals surface area (Å²) in [5.74, 6) is -0.427. The molecular weight excluding hydrogens is 338 g/mol. The Hall–Kier alpha value is -2.57. The maximum absolute atomic E-state index is 11.8. The average molecular weight is 351 g/mol. The van der Waals surface area contributed by atoms with Gasteiger partial charge in [0.25, 0.3) is 0 Å². The SMILES string of the molecule is NC(=O)c1ccccc1-c1[nH]c2ccsc2c1Sc1ccncc1. The van der Waals surface area contributed by atoms with Crippen LogP contribution in [0.3, 0.4) is 0 Å². The van der Waals surface area contributed by atoms with Gasteiger partial charge >= 0.3 is 0 Å². The summed E-state index contributed by atoms with van der Waals surface area (Å²) in [6.45, 7) is 0. The maximum Gasteiger partial charge on any atom is 0.249 e. The first kappa shape index (κ1) is 15.0. The highest BCUT2D eigenvalue weighted by Gasteiger charge is 2.19. The quantitative estimate of drug-likeness (QED) is 0.567. The van der Waals surface area contributed by atoms with Crippen LogP contribution < -0.4 is 5.73 Å². The normalized spacial score (nSPS) is 11.0. The molecule has 0 fully saturated rings. The van der Waals surface area contributed by atoms with Crippen LogP contribution in [0.1, 0.15) is 10.4 Å². The van der Waals surface area contributed by atoms with Crippen molar-refractivity contribution < 1.29 is 4.79 Å². The van der Waals surface area contributed by atoms with E-state index in [1.165, 1.54) is 4.70 Å². The van der Waals surface area contributed by atoms with Crippen LogP contribution in [0.15, 0.2) is 70.0 Å². The molecule has 4 nitrogen and oxygen atoms in total. The summed E-state index contributed by atoms with van der Waals surface area (Å²) in [5.41, 5.74) is 8.88. The van der Waals surface area contributed by atoms with Gasteiger partial charge in [-0.2, -0.15) is 0 Å². The van der Waals surface area contributed by atoms with Crippen molar-refractivity contribution in [2.45, 2.75) is 9.79 Å². The number of carbonyl (C=O) groups excluding carboxylic acids is 1. The Morgan fingerprint density at radius 2 is 1.92 bits per heavy atom. The van der Waals surface area contributed by atoms with Gasteiger partial charge < -0.3 is 10.7 Å². The molecule has 0 unspecified atom stereocenters. The number of fused-ring (bicyclic) bond motifs is 1. The molecule has 0 saturated heterocycles. The van der Waals surface area contributed by atoms with Crippen LogP contribution in [0.25, 0.3) is 21.5 Å². The van der Waals surface area contributed by atoms with Crippen molar-refractivity contribution in [3.8, 4) is 11.3 Å². The Bertz CT molecular complexity index is 1020. The lowest BCUT2D eigenvalue weighted by Crippen LogP contribution is -2.12. The van der Waals surface area contributed by atoms with Gasteiger partial charge in [-0.05, 0) is 29.6 Å². The highest BCUT2D eigenvalue weighted by molar-refractivity contribution is 7.99. The molecular formula is C18H13N3OS2. The van der Waals surface area contributed by atoms with E-state index in [1.54, 1.807) is 41.6 Å². The van der Waals surface area contributed by atoms with Crippen LogP contribution in [-0.2, 0) is 0 Å². The molecule has 0 aliphatic carbocycles. The first-order valence-electron chi connectivity index (χ1n) is 7.30. The number of hydrogen-bond donors (Lipinski definition) is 2. The van der Waals surface area contributed by atoms with Crippen LogP contribution in [-0.4, -0.2) is 15.9 Å². The summed E-state index contributed by atoms with van der Waals surface area (Å²) in [6, 6.07) is 13.4. The first-order valence-corrected chi connectivity index (χ1v) is 9.00. The third-order valence-electron chi connectivity index (χ3n) is 3.69. The van der Waals surface area contributed by atoms with E-state index in [4.69, 9.17) is 5.73 Å². The zero-order valence-electron chi connectivity index (χ0n) is 12.5. The molecule has 1 aromatic carbocycles. The van der Waals surface area contributed by atoms with Gasteiger partial charge in [-0.15, -0.1) is 11.3 Å². The van der Waals surface area contributed by atoms with Crippen molar-refractivity contribution in [2.75, 3.05) is 0 Å². The van der Waals surface area contributed by atoms with E-state index < -0.39 is 5.91 Å². The molecule has 4 aromatic rings. The second kappa shape index (κ2) is 6.14. The molecule has 0 aliphatic heterocycles. The van der Waals surface area contributed by atoms with Gasteiger partial charge in [0, 0.05) is 28.4 Å². The summed E-state index contributed by atoms with van der Waals surface area (Å²) in [4.78, 5) is 21.5. The molecule has 0 bridgehead atoms. The first-order chi connectivity index (χ1) is 11.7. The number of amides is 1. The van der Waals surface area contributed by atoms with Crippen LogP contribution in [0.5, 0.6) is 0 Å². The van der Waals surface area contributed by atoms with Gasteiger partial charge in [0.15, 0.2) is 0 Å². The Labute approximate surface area is 146 Å². The van der Waals surface area contributed by atoms with Crippen LogP contribution in [0.2, 0.25) is 0 Å². The Morgan fingerprint density at radius 1 is 1.12 bits per heavy atom. The number of thiophene rings is 1. The number of nitrogens with zero attached hydrogens (tertiary/aromatic N) is 1. The molecule has 118 valence electrons. The molecule has 1 amide bonds. The van der Waals surface area contributed by atoms with E-state index in [0.717, 1.165) is 26.6 Å². The maximum atomic E-state index is 11.8. The van der Waals surface area contributed by atoms with E-state index in [2.05, 4.69) is 15.3 Å². The lowest BCUT2D eigenvalue weighted by Gasteiger charge is -2.08. The van der Waals surface area contributed by atoms with Crippen molar-refractivity contribution in [1.29, 1.82) is 0 Å². The van der Waals surface area contributed by atoms with Gasteiger partial charge in [-0.3, -0.25) is 9.78 Å². The monoisotopic (exact) mass is 351 g/mol. The number of rotatable bonds is 4. The average Bonchev–Trinajstić information content (AvgIpc) is 3.18. The van der Waals surface area contributed by atoms with E-state index in [1.807, 2.05) is 36.4 Å². The Balaban J connectivity index is 1.92. The molecule has 0 spiro atoms. The second-order valence-corrected chi connectivity index (χ2v) is 7.19. The van der Waals surface area contributed by atoms with Gasteiger partial charge in [-0.25, -0.2) is 0 Å². The number of hydrogen-bond acceptors (Lipinski definition) is 4. The minimum atomic E-state index is -0.427. The molecule has 0 atom stereocenters. The number of nitrogens with one attached hydrogen (secondary N) is 1. The molecule has 0 radical (unpaired) electrons. The fourth-order valence-corrected chi connectivity index (χ4v) is 4.64. The molecule has 3 heterocycles. The third-order valence-corrected chi connectivity index (χ3v) is 5.87. The van der Waals surface area contributed by atoms with Crippen molar-refractivity contribution in [3.05, 3.63) is 65.8 Å². The molecule has 24 heavy (non-hydrogen) atoms. The molecule has 0 saturated carbocycles. The standard InChI is InChI=1S/C18H13N3OS2/c19-18(22)13-4-2-1-3-12(13)15-17(16-14(21-15)7-10-23-16)24-11-5-8-20-9-6-11/h1-10,21H,(H2,19,22). The largest absolute Gasteiger partial charge is 0.366 e. The van der Waals surface area contributed by atoms with Crippen molar-refractivity contribution in [3.63, 3.8) is 0 Å². The minimum Gasteiger partial charge on any atom is -0.366 e. The number of primary amides is 1. The zero-order chi connectivity index (χ0) is 16.5. The predicted octanol–water partition coefficient (Wildman–Crippen LogP) is 4.54. The number of H-pyrrole nitrogens is 1. The Kier molecular flexibility index (Phi) is 3.84. The van der Waals surface area contributed by atoms with Gasteiger partial charge in [-0.1, -0.05) is 30.0 Å². The number of carbonyl (C=O) groups is 1. The number of pyridine rings is 1. The molecule has 3 N–H and O–H groups in total. The van der Waals surface area contributed by atoms with Crippen LogP contribution in [0.4, 0.5) is 0 Å². The summed E-state index contributed by atoms with van der Waals surface area (Å²) < 4.78 is 1.17. The summed E-state index contributed by atoms with van der Waals surface area (Å²) in [5, 5.41) is 2.06. The zero-order valence-corrected chi connectivity index (χ0v) is 14.2.